The summed E-state index contributed by atoms with van der Waals surface area (Å²) in [6.07, 6.45) is 5.46. The second-order valence-corrected chi connectivity index (χ2v) is 6.52. The van der Waals surface area contributed by atoms with Crippen LogP contribution in [0.3, 0.4) is 0 Å². The number of hydrogen-bond donors (Lipinski definition) is 1. The van der Waals surface area contributed by atoms with Crippen molar-refractivity contribution in [3.63, 3.8) is 0 Å². The van der Waals surface area contributed by atoms with Crippen LogP contribution in [0.15, 0.2) is 0 Å². The monoisotopic (exact) mass is 247 g/mol. The molecule has 2 rings (SSSR count). The first-order valence-corrected chi connectivity index (χ1v) is 7.54. The van der Waals surface area contributed by atoms with E-state index in [1.807, 2.05) is 0 Å². The second kappa shape index (κ2) is 5.00. The van der Waals surface area contributed by atoms with E-state index in [-0.39, 0.29) is 6.17 Å². The van der Waals surface area contributed by atoms with Gasteiger partial charge in [-0.2, -0.15) is 17.0 Å². The second-order valence-electron chi connectivity index (χ2n) is 4.64. The molecule has 94 valence electrons. The van der Waals surface area contributed by atoms with Crippen molar-refractivity contribution in [2.45, 2.75) is 44.7 Å². The molecule has 0 aliphatic carbocycles. The molecular weight excluding hydrogens is 226 g/mol. The van der Waals surface area contributed by atoms with Gasteiger partial charge < -0.3 is 5.73 Å². The summed E-state index contributed by atoms with van der Waals surface area (Å²) in [7, 11) is -3.29. The highest BCUT2D eigenvalue weighted by molar-refractivity contribution is 7.86. The average Bonchev–Trinajstić information content (AvgIpc) is 2.69. The number of hydrogen-bond acceptors (Lipinski definition) is 3. The first-order valence-electron chi connectivity index (χ1n) is 6.15. The van der Waals surface area contributed by atoms with Crippen LogP contribution in [-0.4, -0.2) is 42.8 Å². The van der Waals surface area contributed by atoms with E-state index in [0.717, 1.165) is 38.5 Å². The quantitative estimate of drug-likeness (QED) is 0.772. The van der Waals surface area contributed by atoms with Gasteiger partial charge in [-0.25, -0.2) is 0 Å². The largest absolute Gasteiger partial charge is 0.315 e. The lowest BCUT2D eigenvalue weighted by atomic mass is 10.2. The first kappa shape index (κ1) is 12.3. The van der Waals surface area contributed by atoms with Crippen LogP contribution in [0.4, 0.5) is 0 Å². The molecule has 2 heterocycles. The van der Waals surface area contributed by atoms with Gasteiger partial charge in [0.1, 0.15) is 0 Å². The van der Waals surface area contributed by atoms with Gasteiger partial charge in [0.05, 0.1) is 6.17 Å². The van der Waals surface area contributed by atoms with Crippen molar-refractivity contribution in [3.8, 4) is 0 Å². The van der Waals surface area contributed by atoms with Crippen molar-refractivity contribution in [2.75, 3.05) is 19.6 Å². The van der Waals surface area contributed by atoms with E-state index in [0.29, 0.717) is 19.6 Å². The Morgan fingerprint density at radius 1 is 0.938 bits per heavy atom. The standard InChI is InChI=1S/C10H21N3O2S/c11-10-6-2-1-3-9-13(10)16(14,15)12-7-4-5-8-12/h10H,1-9,11H2. The van der Waals surface area contributed by atoms with Gasteiger partial charge in [-0.3, -0.25) is 0 Å². The van der Waals surface area contributed by atoms with Crippen molar-refractivity contribution in [3.05, 3.63) is 0 Å². The lowest BCUT2D eigenvalue weighted by molar-refractivity contribution is 0.300. The SMILES string of the molecule is NC1CCCCCN1S(=O)(=O)N1CCCC1. The molecule has 0 saturated carbocycles. The Kier molecular flexibility index (Phi) is 3.84. The molecule has 0 aromatic carbocycles. The number of nitrogens with zero attached hydrogens (tertiary/aromatic N) is 2. The summed E-state index contributed by atoms with van der Waals surface area (Å²) < 4.78 is 27.7. The molecule has 2 saturated heterocycles. The molecule has 0 spiro atoms. The van der Waals surface area contributed by atoms with Gasteiger partial charge in [0.25, 0.3) is 10.2 Å². The molecule has 0 bridgehead atoms. The molecular formula is C10H21N3O2S. The van der Waals surface area contributed by atoms with E-state index in [4.69, 9.17) is 5.73 Å². The summed E-state index contributed by atoms with van der Waals surface area (Å²) in [4.78, 5) is 0. The first-order chi connectivity index (χ1) is 7.62. The fourth-order valence-electron chi connectivity index (χ4n) is 2.46. The van der Waals surface area contributed by atoms with Crippen LogP contribution in [0.5, 0.6) is 0 Å². The summed E-state index contributed by atoms with van der Waals surface area (Å²) >= 11 is 0. The minimum absolute atomic E-state index is 0.326. The lowest BCUT2D eigenvalue weighted by Crippen LogP contribution is -2.50. The van der Waals surface area contributed by atoms with Crippen molar-refractivity contribution >= 4 is 10.2 Å². The highest BCUT2D eigenvalue weighted by atomic mass is 32.2. The molecule has 2 aliphatic heterocycles. The predicted molar refractivity (Wildman–Crippen MR) is 62.9 cm³/mol. The molecule has 0 amide bonds. The Balaban J connectivity index is 2.13. The van der Waals surface area contributed by atoms with Gasteiger partial charge in [0, 0.05) is 19.6 Å². The Morgan fingerprint density at radius 2 is 1.56 bits per heavy atom. The molecule has 1 unspecified atom stereocenters. The maximum atomic E-state index is 12.3. The van der Waals surface area contributed by atoms with E-state index >= 15 is 0 Å². The summed E-state index contributed by atoms with van der Waals surface area (Å²) in [5, 5.41) is 0. The Hall–Kier alpha value is -0.170. The minimum atomic E-state index is -3.29. The fourth-order valence-corrected chi connectivity index (χ4v) is 4.29. The lowest BCUT2D eigenvalue weighted by Gasteiger charge is -2.30. The van der Waals surface area contributed by atoms with E-state index in [9.17, 15) is 8.42 Å². The number of rotatable bonds is 2. The molecule has 2 fully saturated rings. The summed E-state index contributed by atoms with van der Waals surface area (Å²) in [6, 6.07) is 0. The van der Waals surface area contributed by atoms with Crippen LogP contribution < -0.4 is 5.73 Å². The topological polar surface area (TPSA) is 66.6 Å². The Labute approximate surface area is 97.8 Å². The molecule has 2 aliphatic rings. The van der Waals surface area contributed by atoms with Crippen LogP contribution in [0, 0.1) is 0 Å². The van der Waals surface area contributed by atoms with Crippen LogP contribution in [0.1, 0.15) is 38.5 Å². The maximum absolute atomic E-state index is 12.3. The van der Waals surface area contributed by atoms with E-state index < -0.39 is 10.2 Å². The Morgan fingerprint density at radius 3 is 2.25 bits per heavy atom. The van der Waals surface area contributed by atoms with E-state index in [1.165, 1.54) is 4.31 Å². The fraction of sp³-hybridized carbons (Fsp3) is 1.00. The zero-order valence-corrected chi connectivity index (χ0v) is 10.5. The Bertz CT molecular complexity index is 325. The molecule has 0 aromatic heterocycles. The third-order valence-corrected chi connectivity index (χ3v) is 5.50. The number of nitrogens with two attached hydrogens (primary N) is 1. The molecule has 6 heteroatoms. The van der Waals surface area contributed by atoms with Gasteiger partial charge >= 0.3 is 0 Å². The zero-order chi connectivity index (χ0) is 11.6. The van der Waals surface area contributed by atoms with Crippen LogP contribution in [-0.2, 0) is 10.2 Å². The molecule has 0 radical (unpaired) electrons. The van der Waals surface area contributed by atoms with Crippen molar-refractivity contribution < 1.29 is 8.42 Å². The summed E-state index contributed by atoms with van der Waals surface area (Å²) in [6.45, 7) is 1.90. The molecule has 2 N–H and O–H groups in total. The predicted octanol–water partition coefficient (Wildman–Crippen LogP) is 0.488. The van der Waals surface area contributed by atoms with Gasteiger partial charge in [0.15, 0.2) is 0 Å². The van der Waals surface area contributed by atoms with Gasteiger partial charge in [-0.15, -0.1) is 0 Å². The van der Waals surface area contributed by atoms with Crippen molar-refractivity contribution in [2.24, 2.45) is 5.73 Å². The third-order valence-electron chi connectivity index (χ3n) is 3.44. The normalized spacial score (nSPS) is 30.4. The van der Waals surface area contributed by atoms with Crippen molar-refractivity contribution in [1.29, 1.82) is 0 Å². The van der Waals surface area contributed by atoms with E-state index in [1.54, 1.807) is 4.31 Å². The van der Waals surface area contributed by atoms with E-state index in [2.05, 4.69) is 0 Å². The molecule has 0 aromatic rings. The average molecular weight is 247 g/mol. The molecule has 5 nitrogen and oxygen atoms in total. The van der Waals surface area contributed by atoms with Crippen molar-refractivity contribution in [1.82, 2.24) is 8.61 Å². The van der Waals surface area contributed by atoms with Gasteiger partial charge in [-0.1, -0.05) is 12.8 Å². The zero-order valence-electron chi connectivity index (χ0n) is 9.64. The summed E-state index contributed by atoms with van der Waals surface area (Å²) in [5.41, 5.74) is 5.95. The highest BCUT2D eigenvalue weighted by Crippen LogP contribution is 2.22. The molecule has 1 atom stereocenters. The smallest absolute Gasteiger partial charge is 0.283 e. The van der Waals surface area contributed by atoms with Crippen LogP contribution in [0.25, 0.3) is 0 Å². The summed E-state index contributed by atoms with van der Waals surface area (Å²) in [5.74, 6) is 0. The third kappa shape index (κ3) is 2.40. The van der Waals surface area contributed by atoms with Gasteiger partial charge in [-0.05, 0) is 25.7 Å². The van der Waals surface area contributed by atoms with Gasteiger partial charge in [0.2, 0.25) is 0 Å². The maximum Gasteiger partial charge on any atom is 0.283 e. The van der Waals surface area contributed by atoms with Crippen LogP contribution in [0.2, 0.25) is 0 Å². The van der Waals surface area contributed by atoms with Crippen LogP contribution >= 0.6 is 0 Å². The minimum Gasteiger partial charge on any atom is -0.315 e. The molecule has 16 heavy (non-hydrogen) atoms. The highest BCUT2D eigenvalue weighted by Gasteiger charge is 2.35.